The second-order valence-electron chi connectivity index (χ2n) is 3.99. The number of ether oxygens (including phenoxy) is 2. The minimum Gasteiger partial charge on any atom is -0.378 e. The van der Waals surface area contributed by atoms with Gasteiger partial charge in [0.05, 0.1) is 18.1 Å². The average Bonchev–Trinajstić information content (AvgIpc) is 3.10. The highest BCUT2D eigenvalue weighted by Crippen LogP contribution is 2.32. The van der Waals surface area contributed by atoms with Gasteiger partial charge in [-0.3, -0.25) is 5.10 Å². The highest BCUT2D eigenvalue weighted by atomic mass is 32.1. The first-order valence-electron chi connectivity index (χ1n) is 5.44. The van der Waals surface area contributed by atoms with Crippen molar-refractivity contribution in [2.24, 2.45) is 0 Å². The molecule has 0 bridgehead atoms. The largest absolute Gasteiger partial charge is 0.378 e. The lowest BCUT2D eigenvalue weighted by Gasteiger charge is -2.22. The smallest absolute Gasteiger partial charge is 0.191 e. The van der Waals surface area contributed by atoms with Crippen molar-refractivity contribution in [3.8, 4) is 10.7 Å². The Morgan fingerprint density at radius 2 is 2.53 bits per heavy atom. The summed E-state index contributed by atoms with van der Waals surface area (Å²) in [5.41, 5.74) is -0.456. The van der Waals surface area contributed by atoms with Crippen LogP contribution in [0.5, 0.6) is 0 Å². The molecule has 3 heterocycles. The molecule has 0 radical (unpaired) electrons. The second-order valence-corrected chi connectivity index (χ2v) is 4.93. The van der Waals surface area contributed by atoms with Crippen LogP contribution in [0.2, 0.25) is 0 Å². The Hall–Kier alpha value is -1.24. The monoisotopic (exact) mass is 251 g/mol. The summed E-state index contributed by atoms with van der Waals surface area (Å²) >= 11 is 1.62. The zero-order valence-electron chi connectivity index (χ0n) is 9.47. The summed E-state index contributed by atoms with van der Waals surface area (Å²) in [6.45, 7) is 1.23. The van der Waals surface area contributed by atoms with Crippen molar-refractivity contribution < 1.29 is 9.47 Å². The molecule has 1 unspecified atom stereocenters. The normalized spacial score (nSPS) is 24.3. The van der Waals surface area contributed by atoms with Crippen LogP contribution in [0.1, 0.15) is 12.2 Å². The quantitative estimate of drug-likeness (QED) is 0.903. The molecular weight excluding hydrogens is 238 g/mol. The molecule has 1 atom stereocenters. The number of thiophene rings is 1. The van der Waals surface area contributed by atoms with E-state index in [-0.39, 0.29) is 0 Å². The third-order valence-corrected chi connectivity index (χ3v) is 3.90. The summed E-state index contributed by atoms with van der Waals surface area (Å²) in [5, 5.41) is 9.21. The average molecular weight is 251 g/mol. The summed E-state index contributed by atoms with van der Waals surface area (Å²) in [6.07, 6.45) is 0.808. The van der Waals surface area contributed by atoms with Gasteiger partial charge in [0.2, 0.25) is 0 Å². The van der Waals surface area contributed by atoms with Crippen LogP contribution >= 0.6 is 11.3 Å². The summed E-state index contributed by atoms with van der Waals surface area (Å²) in [7, 11) is 1.68. The predicted octanol–water partition coefficient (Wildman–Crippen LogP) is 1.80. The number of methoxy groups -OCH3 is 1. The highest BCUT2D eigenvalue weighted by Gasteiger charge is 2.40. The standard InChI is InChI=1S/C11H13N3O2S/c1-15-11(4-5-16-7-11)10-12-9(13-14-10)8-3-2-6-17-8/h2-3,6H,4-5,7H2,1H3,(H,12,13,14). The summed E-state index contributed by atoms with van der Waals surface area (Å²) in [4.78, 5) is 5.57. The van der Waals surface area contributed by atoms with Gasteiger partial charge in [-0.25, -0.2) is 4.98 Å². The molecule has 0 aromatic carbocycles. The van der Waals surface area contributed by atoms with E-state index in [1.807, 2.05) is 17.5 Å². The summed E-state index contributed by atoms with van der Waals surface area (Å²) in [5.74, 6) is 1.47. The molecule has 5 nitrogen and oxygen atoms in total. The molecule has 2 aromatic rings. The van der Waals surface area contributed by atoms with Gasteiger partial charge in [0.1, 0.15) is 0 Å². The van der Waals surface area contributed by atoms with E-state index in [4.69, 9.17) is 9.47 Å². The van der Waals surface area contributed by atoms with Crippen LogP contribution in [0, 0.1) is 0 Å². The molecule has 0 amide bonds. The Morgan fingerprint density at radius 1 is 1.59 bits per heavy atom. The van der Waals surface area contributed by atoms with Crippen molar-refractivity contribution in [1.29, 1.82) is 0 Å². The van der Waals surface area contributed by atoms with Gasteiger partial charge in [0, 0.05) is 13.5 Å². The van der Waals surface area contributed by atoms with Crippen LogP contribution in [-0.4, -0.2) is 35.5 Å². The number of rotatable bonds is 3. The maximum absolute atomic E-state index is 5.56. The summed E-state index contributed by atoms with van der Waals surface area (Å²) < 4.78 is 11.0. The third-order valence-electron chi connectivity index (χ3n) is 3.03. The van der Waals surface area contributed by atoms with Gasteiger partial charge in [-0.2, -0.15) is 5.10 Å². The number of aromatic amines is 1. The van der Waals surface area contributed by atoms with Gasteiger partial charge in [0.15, 0.2) is 17.2 Å². The van der Waals surface area contributed by atoms with E-state index in [0.717, 1.165) is 22.9 Å². The topological polar surface area (TPSA) is 60.0 Å². The molecular formula is C11H13N3O2S. The molecule has 1 N–H and O–H groups in total. The molecule has 6 heteroatoms. The van der Waals surface area contributed by atoms with Crippen molar-refractivity contribution in [3.05, 3.63) is 23.3 Å². The number of hydrogen-bond acceptors (Lipinski definition) is 5. The van der Waals surface area contributed by atoms with E-state index >= 15 is 0 Å². The van der Waals surface area contributed by atoms with E-state index < -0.39 is 5.60 Å². The van der Waals surface area contributed by atoms with Gasteiger partial charge >= 0.3 is 0 Å². The molecule has 1 aliphatic rings. The SMILES string of the molecule is COC1(c2nc(-c3cccs3)n[nH]2)CCOC1. The lowest BCUT2D eigenvalue weighted by atomic mass is 10.0. The molecule has 1 fully saturated rings. The maximum atomic E-state index is 5.56. The van der Waals surface area contributed by atoms with Gasteiger partial charge in [-0.1, -0.05) is 6.07 Å². The first-order chi connectivity index (χ1) is 8.34. The van der Waals surface area contributed by atoms with E-state index in [1.165, 1.54) is 0 Å². The molecule has 17 heavy (non-hydrogen) atoms. The molecule has 0 spiro atoms. The number of nitrogens with zero attached hydrogens (tertiary/aromatic N) is 2. The van der Waals surface area contributed by atoms with Crippen molar-refractivity contribution >= 4 is 11.3 Å². The molecule has 0 aliphatic carbocycles. The fourth-order valence-electron chi connectivity index (χ4n) is 1.97. The second kappa shape index (κ2) is 4.21. The van der Waals surface area contributed by atoms with E-state index in [0.29, 0.717) is 13.2 Å². The first kappa shape index (κ1) is 10.9. The minimum absolute atomic E-state index is 0.456. The van der Waals surface area contributed by atoms with Crippen molar-refractivity contribution in [1.82, 2.24) is 15.2 Å². The Balaban J connectivity index is 1.94. The molecule has 0 saturated carbocycles. The molecule has 1 aliphatic heterocycles. The zero-order chi connectivity index (χ0) is 11.7. The fraction of sp³-hybridized carbons (Fsp3) is 0.455. The Labute approximate surface area is 103 Å². The van der Waals surface area contributed by atoms with Gasteiger partial charge in [-0.15, -0.1) is 11.3 Å². The lowest BCUT2D eigenvalue weighted by Crippen LogP contribution is -2.30. The van der Waals surface area contributed by atoms with Crippen LogP contribution < -0.4 is 0 Å². The van der Waals surface area contributed by atoms with Gasteiger partial charge in [-0.05, 0) is 11.4 Å². The van der Waals surface area contributed by atoms with E-state index in [9.17, 15) is 0 Å². The van der Waals surface area contributed by atoms with Crippen LogP contribution in [0.25, 0.3) is 10.7 Å². The summed E-state index contributed by atoms with van der Waals surface area (Å²) in [6, 6.07) is 3.99. The molecule has 1 saturated heterocycles. The van der Waals surface area contributed by atoms with Crippen LogP contribution in [-0.2, 0) is 15.1 Å². The van der Waals surface area contributed by atoms with E-state index in [2.05, 4.69) is 15.2 Å². The van der Waals surface area contributed by atoms with Crippen LogP contribution in [0.3, 0.4) is 0 Å². The molecule has 2 aromatic heterocycles. The maximum Gasteiger partial charge on any atom is 0.191 e. The Kier molecular flexibility index (Phi) is 2.70. The first-order valence-corrected chi connectivity index (χ1v) is 6.32. The van der Waals surface area contributed by atoms with Gasteiger partial charge < -0.3 is 9.47 Å². The highest BCUT2D eigenvalue weighted by molar-refractivity contribution is 7.13. The van der Waals surface area contributed by atoms with Crippen LogP contribution in [0.4, 0.5) is 0 Å². The predicted molar refractivity (Wildman–Crippen MR) is 63.8 cm³/mol. The van der Waals surface area contributed by atoms with Gasteiger partial charge in [0.25, 0.3) is 0 Å². The third kappa shape index (κ3) is 1.78. The van der Waals surface area contributed by atoms with Crippen molar-refractivity contribution in [2.45, 2.75) is 12.0 Å². The number of aromatic nitrogens is 3. The van der Waals surface area contributed by atoms with Crippen molar-refractivity contribution in [2.75, 3.05) is 20.3 Å². The minimum atomic E-state index is -0.456. The Bertz CT molecular complexity index is 489. The molecule has 3 rings (SSSR count). The fourth-order valence-corrected chi connectivity index (χ4v) is 2.63. The number of nitrogens with one attached hydrogen (secondary N) is 1. The zero-order valence-corrected chi connectivity index (χ0v) is 10.3. The van der Waals surface area contributed by atoms with E-state index in [1.54, 1.807) is 18.4 Å². The van der Waals surface area contributed by atoms with Crippen molar-refractivity contribution in [3.63, 3.8) is 0 Å². The number of H-pyrrole nitrogens is 1. The Morgan fingerprint density at radius 3 is 3.18 bits per heavy atom. The number of hydrogen-bond donors (Lipinski definition) is 1. The lowest BCUT2D eigenvalue weighted by molar-refractivity contribution is -0.0278. The van der Waals surface area contributed by atoms with Crippen LogP contribution in [0.15, 0.2) is 17.5 Å². The molecule has 90 valence electrons.